The molecule has 194 valence electrons. The van der Waals surface area contributed by atoms with Gasteiger partial charge in [-0.25, -0.2) is 4.79 Å². The van der Waals surface area contributed by atoms with Crippen LogP contribution >= 0.6 is 11.8 Å². The second-order valence-electron chi connectivity index (χ2n) is 10.6. The van der Waals surface area contributed by atoms with Gasteiger partial charge in [0.2, 0.25) is 11.8 Å². The van der Waals surface area contributed by atoms with Crippen LogP contribution in [0, 0.1) is 17.8 Å². The predicted molar refractivity (Wildman–Crippen MR) is 128 cm³/mol. The first kappa shape index (κ1) is 25.9. The van der Waals surface area contributed by atoms with Crippen LogP contribution in [0.25, 0.3) is 0 Å². The highest BCUT2D eigenvalue weighted by Crippen LogP contribution is 2.51. The van der Waals surface area contributed by atoms with Gasteiger partial charge >= 0.3 is 5.97 Å². The fourth-order valence-electron chi connectivity index (χ4n) is 6.05. The number of quaternary nitrogens is 1. The minimum Gasteiger partial charge on any atom is -0.477 e. The van der Waals surface area contributed by atoms with Crippen molar-refractivity contribution >= 4 is 35.5 Å². The summed E-state index contributed by atoms with van der Waals surface area (Å²) < 4.78 is 0.536. The molecule has 4 aliphatic heterocycles. The Kier molecular flexibility index (Phi) is 7.20. The molecule has 0 aromatic rings. The van der Waals surface area contributed by atoms with Crippen molar-refractivity contribution in [2.24, 2.45) is 23.5 Å². The third-order valence-corrected chi connectivity index (χ3v) is 9.37. The second-order valence-corrected chi connectivity index (χ2v) is 11.8. The molecule has 4 rings (SSSR count). The molecule has 0 bridgehead atoms. The molecule has 0 aromatic carbocycles. The number of amides is 3. The van der Waals surface area contributed by atoms with E-state index in [2.05, 4.69) is 5.32 Å². The Morgan fingerprint density at radius 3 is 2.63 bits per heavy atom. The number of fused-ring (bicyclic) bond motifs is 1. The standard InChI is InChI=1S/C23H35N5O6S/c1-12-18-17(13(2)29)22(32)27(18)19(23(33)34)20(12)35-16-9-14(10-25-16)21(31)26-5-4-7-28(3,8-6-26)11-15(24)30/h12-14,16-18,25,29H,4-11H2,1-3H3,(H2-,24,30,33,34)/p+1/t12-,13-,14-,16+,17-,18-,28?/m1/s1. The minimum atomic E-state index is -1.15. The maximum atomic E-state index is 13.3. The SMILES string of the molecule is C[C@@H](O)[C@H]1C(=O)N2C(C(=O)O)=C(S[C@H]3C[C@@H](C(=O)N4CCC[N+](C)(CC(N)=O)CC4)CN3)[C@H](C)[C@H]12. The third kappa shape index (κ3) is 4.81. The minimum absolute atomic E-state index is 0.00463. The van der Waals surface area contributed by atoms with Crippen molar-refractivity contribution in [3.05, 3.63) is 10.6 Å². The molecule has 4 aliphatic rings. The lowest BCUT2D eigenvalue weighted by Crippen LogP contribution is -2.63. The average Bonchev–Trinajstić information content (AvgIpc) is 3.25. The molecule has 0 saturated carbocycles. The fourth-order valence-corrected chi connectivity index (χ4v) is 7.52. The van der Waals surface area contributed by atoms with E-state index >= 15 is 0 Å². The first-order chi connectivity index (χ1) is 16.4. The van der Waals surface area contributed by atoms with Crippen molar-refractivity contribution in [1.82, 2.24) is 15.1 Å². The zero-order chi connectivity index (χ0) is 25.7. The average molecular weight is 511 g/mol. The van der Waals surface area contributed by atoms with Gasteiger partial charge in [-0.05, 0) is 13.3 Å². The number of carbonyl (C=O) groups excluding carboxylic acids is 3. The molecule has 0 aliphatic carbocycles. The van der Waals surface area contributed by atoms with E-state index in [0.29, 0.717) is 42.0 Å². The number of carboxylic acid groups (broad SMARTS) is 1. The van der Waals surface area contributed by atoms with Crippen LogP contribution in [0.3, 0.4) is 0 Å². The number of hydrogen-bond donors (Lipinski definition) is 4. The molecule has 4 heterocycles. The second kappa shape index (κ2) is 9.72. The van der Waals surface area contributed by atoms with E-state index in [1.54, 1.807) is 6.92 Å². The van der Waals surface area contributed by atoms with Crippen LogP contribution in [-0.2, 0) is 19.2 Å². The zero-order valence-electron chi connectivity index (χ0n) is 20.5. The first-order valence-corrected chi connectivity index (χ1v) is 13.1. The molecular formula is C23H36N5O6S+. The van der Waals surface area contributed by atoms with Gasteiger partial charge < -0.3 is 35.5 Å². The van der Waals surface area contributed by atoms with Crippen molar-refractivity contribution in [3.8, 4) is 0 Å². The molecule has 0 radical (unpaired) electrons. The van der Waals surface area contributed by atoms with Gasteiger partial charge in [0.25, 0.3) is 5.91 Å². The molecular weight excluding hydrogens is 474 g/mol. The summed E-state index contributed by atoms with van der Waals surface area (Å²) in [5, 5.41) is 23.1. The number of nitrogens with zero attached hydrogens (tertiary/aromatic N) is 3. The van der Waals surface area contributed by atoms with Crippen LogP contribution < -0.4 is 11.1 Å². The number of hydrogen-bond acceptors (Lipinski definition) is 7. The van der Waals surface area contributed by atoms with E-state index < -0.39 is 18.0 Å². The number of carbonyl (C=O) groups is 4. The zero-order valence-corrected chi connectivity index (χ0v) is 21.3. The number of thioether (sulfide) groups is 1. The number of aliphatic hydroxyl groups is 1. The van der Waals surface area contributed by atoms with Crippen molar-refractivity contribution in [2.45, 2.75) is 44.2 Å². The van der Waals surface area contributed by atoms with Crippen molar-refractivity contribution in [2.75, 3.05) is 46.3 Å². The molecule has 0 aromatic heterocycles. The number of rotatable bonds is 7. The van der Waals surface area contributed by atoms with Gasteiger partial charge in [0.1, 0.15) is 5.70 Å². The van der Waals surface area contributed by atoms with Crippen LogP contribution in [0.1, 0.15) is 26.7 Å². The molecule has 3 saturated heterocycles. The monoisotopic (exact) mass is 510 g/mol. The Morgan fingerprint density at radius 2 is 2.00 bits per heavy atom. The molecule has 35 heavy (non-hydrogen) atoms. The van der Waals surface area contributed by atoms with E-state index in [4.69, 9.17) is 5.73 Å². The quantitative estimate of drug-likeness (QED) is 0.251. The maximum absolute atomic E-state index is 13.3. The van der Waals surface area contributed by atoms with Crippen LogP contribution in [-0.4, -0.2) is 112 Å². The van der Waals surface area contributed by atoms with Crippen molar-refractivity contribution in [3.63, 3.8) is 0 Å². The Hall–Kier alpha value is -2.15. The van der Waals surface area contributed by atoms with Crippen LogP contribution in [0.15, 0.2) is 10.6 Å². The Labute approximate surface area is 209 Å². The topological polar surface area (TPSA) is 153 Å². The lowest BCUT2D eigenvalue weighted by Gasteiger charge is -2.46. The maximum Gasteiger partial charge on any atom is 0.353 e. The summed E-state index contributed by atoms with van der Waals surface area (Å²) in [6, 6.07) is -0.347. The molecule has 1 unspecified atom stereocenters. The normalized spacial score (nSPS) is 36.0. The molecule has 7 atom stereocenters. The number of β-lactam (4-membered cyclic amide) rings is 1. The summed E-state index contributed by atoms with van der Waals surface area (Å²) >= 11 is 1.39. The smallest absolute Gasteiger partial charge is 0.353 e. The van der Waals surface area contributed by atoms with E-state index in [1.165, 1.54) is 16.7 Å². The van der Waals surface area contributed by atoms with E-state index in [1.807, 2.05) is 18.9 Å². The van der Waals surface area contributed by atoms with Gasteiger partial charge in [0, 0.05) is 30.3 Å². The van der Waals surface area contributed by atoms with Crippen LogP contribution in [0.5, 0.6) is 0 Å². The summed E-state index contributed by atoms with van der Waals surface area (Å²) in [6.45, 7) is 6.91. The number of nitrogens with one attached hydrogen (secondary N) is 1. The molecule has 3 amide bonds. The molecule has 0 spiro atoms. The summed E-state index contributed by atoms with van der Waals surface area (Å²) in [4.78, 5) is 53.1. The summed E-state index contributed by atoms with van der Waals surface area (Å²) in [6.07, 6.45) is 0.527. The highest BCUT2D eigenvalue weighted by atomic mass is 32.2. The lowest BCUT2D eigenvalue weighted by atomic mass is 9.79. The highest BCUT2D eigenvalue weighted by molar-refractivity contribution is 8.03. The predicted octanol–water partition coefficient (Wildman–Crippen LogP) is -1.03. The van der Waals surface area contributed by atoms with Crippen LogP contribution in [0.2, 0.25) is 0 Å². The third-order valence-electron chi connectivity index (χ3n) is 7.91. The van der Waals surface area contributed by atoms with E-state index in [9.17, 15) is 29.4 Å². The summed E-state index contributed by atoms with van der Waals surface area (Å²) in [5.74, 6) is -2.76. The van der Waals surface area contributed by atoms with Gasteiger partial charge in [0.05, 0.1) is 56.0 Å². The number of primary amides is 1. The lowest BCUT2D eigenvalue weighted by molar-refractivity contribution is -0.899. The van der Waals surface area contributed by atoms with Gasteiger partial charge in [-0.3, -0.25) is 14.4 Å². The Morgan fingerprint density at radius 1 is 1.29 bits per heavy atom. The van der Waals surface area contributed by atoms with Gasteiger partial charge in [0.15, 0.2) is 6.54 Å². The summed E-state index contributed by atoms with van der Waals surface area (Å²) in [5.41, 5.74) is 5.41. The van der Waals surface area contributed by atoms with Crippen molar-refractivity contribution < 1.29 is 33.9 Å². The summed E-state index contributed by atoms with van der Waals surface area (Å²) in [7, 11) is 2.00. The molecule has 11 nitrogen and oxygen atoms in total. The fraction of sp³-hybridized carbons (Fsp3) is 0.739. The largest absolute Gasteiger partial charge is 0.477 e. The molecule has 3 fully saturated rings. The number of nitrogens with two attached hydrogens (primary N) is 1. The number of aliphatic hydroxyl groups excluding tert-OH is 1. The Bertz CT molecular complexity index is 957. The molecule has 12 heteroatoms. The van der Waals surface area contributed by atoms with Gasteiger partial charge in [-0.15, -0.1) is 11.8 Å². The van der Waals surface area contributed by atoms with Gasteiger partial charge in [-0.2, -0.15) is 0 Å². The number of carboxylic acids is 1. The highest BCUT2D eigenvalue weighted by Gasteiger charge is 2.60. The number of likely N-dealkylation sites (N-methyl/N-ethyl adjacent to an activating group) is 1. The van der Waals surface area contributed by atoms with E-state index in [-0.39, 0.29) is 53.2 Å². The van der Waals surface area contributed by atoms with Gasteiger partial charge in [-0.1, -0.05) is 6.92 Å². The number of aliphatic carboxylic acids is 1. The Balaban J connectivity index is 1.39. The van der Waals surface area contributed by atoms with E-state index in [0.717, 1.165) is 13.0 Å². The molecule has 5 N–H and O–H groups in total. The van der Waals surface area contributed by atoms with Crippen LogP contribution in [0.4, 0.5) is 0 Å². The van der Waals surface area contributed by atoms with Crippen molar-refractivity contribution in [1.29, 1.82) is 0 Å². The first-order valence-electron chi connectivity index (χ1n) is 12.2.